The van der Waals surface area contributed by atoms with Crippen LogP contribution in [0.25, 0.3) is 21.8 Å². The molecular weight excluding hydrogens is 290 g/mol. The van der Waals surface area contributed by atoms with Crippen LogP contribution in [-0.2, 0) is 13.0 Å². The number of hydrogen-bond donors (Lipinski definition) is 0. The quantitative estimate of drug-likeness (QED) is 0.422. The van der Waals surface area contributed by atoms with Crippen molar-refractivity contribution in [3.63, 3.8) is 0 Å². The van der Waals surface area contributed by atoms with Crippen molar-refractivity contribution in [2.75, 3.05) is 0 Å². The highest BCUT2D eigenvalue weighted by atomic mass is 15.0. The summed E-state index contributed by atoms with van der Waals surface area (Å²) >= 11 is 0. The van der Waals surface area contributed by atoms with Gasteiger partial charge in [0.05, 0.1) is 0 Å². The van der Waals surface area contributed by atoms with E-state index in [2.05, 4.69) is 90.4 Å². The average molecular weight is 313 g/mol. The van der Waals surface area contributed by atoms with Gasteiger partial charge in [-0.25, -0.2) is 0 Å². The van der Waals surface area contributed by atoms with Crippen LogP contribution in [-0.4, -0.2) is 4.57 Å². The molecule has 0 bridgehead atoms. The van der Waals surface area contributed by atoms with Gasteiger partial charge in [0.25, 0.3) is 0 Å². The van der Waals surface area contributed by atoms with E-state index in [1.165, 1.54) is 33.8 Å². The van der Waals surface area contributed by atoms with E-state index in [1.54, 1.807) is 0 Å². The van der Waals surface area contributed by atoms with Crippen LogP contribution in [0.15, 0.2) is 78.9 Å². The first-order chi connectivity index (χ1) is 11.8. The number of aromatic nitrogens is 1. The minimum atomic E-state index is 0.643. The van der Waals surface area contributed by atoms with E-state index in [4.69, 9.17) is 0 Å². The number of nitrogens with zero attached hydrogens (tertiary/aromatic N) is 1. The fourth-order valence-electron chi connectivity index (χ4n) is 3.66. The fraction of sp³-hybridized carbons (Fsp3) is 0.217. The summed E-state index contributed by atoms with van der Waals surface area (Å²) in [5, 5.41) is 2.73. The molecule has 1 heterocycles. The van der Waals surface area contributed by atoms with Gasteiger partial charge in [-0.2, -0.15) is 0 Å². The first-order valence-corrected chi connectivity index (χ1v) is 8.83. The van der Waals surface area contributed by atoms with Crippen LogP contribution in [0.4, 0.5) is 0 Å². The Morgan fingerprint density at radius 1 is 0.708 bits per heavy atom. The monoisotopic (exact) mass is 313 g/mol. The lowest BCUT2D eigenvalue weighted by molar-refractivity contribution is 0.465. The van der Waals surface area contributed by atoms with E-state index in [9.17, 15) is 0 Å². The number of benzene rings is 3. The molecule has 0 saturated carbocycles. The van der Waals surface area contributed by atoms with Crippen LogP contribution >= 0.6 is 0 Å². The van der Waals surface area contributed by atoms with Crippen molar-refractivity contribution in [3.8, 4) is 0 Å². The van der Waals surface area contributed by atoms with Gasteiger partial charge < -0.3 is 4.57 Å². The van der Waals surface area contributed by atoms with Gasteiger partial charge in [0.1, 0.15) is 0 Å². The summed E-state index contributed by atoms with van der Waals surface area (Å²) in [4.78, 5) is 0. The lowest BCUT2D eigenvalue weighted by atomic mass is 10.0. The molecule has 120 valence electrons. The van der Waals surface area contributed by atoms with Gasteiger partial charge in [-0.15, -0.1) is 0 Å². The summed E-state index contributed by atoms with van der Waals surface area (Å²) in [5.41, 5.74) is 4.14. The van der Waals surface area contributed by atoms with Crippen molar-refractivity contribution in [2.24, 2.45) is 5.92 Å². The number of hydrogen-bond acceptors (Lipinski definition) is 0. The molecule has 0 aliphatic rings. The smallest absolute Gasteiger partial charge is 0.0491 e. The number of aryl methyl sites for hydroxylation is 1. The molecule has 0 amide bonds. The lowest BCUT2D eigenvalue weighted by Gasteiger charge is -2.15. The summed E-state index contributed by atoms with van der Waals surface area (Å²) < 4.78 is 2.50. The molecule has 24 heavy (non-hydrogen) atoms. The maximum Gasteiger partial charge on any atom is 0.0491 e. The van der Waals surface area contributed by atoms with Crippen LogP contribution in [0.5, 0.6) is 0 Å². The average Bonchev–Trinajstić information content (AvgIpc) is 2.95. The lowest BCUT2D eigenvalue weighted by Crippen LogP contribution is -2.08. The highest BCUT2D eigenvalue weighted by Crippen LogP contribution is 2.29. The highest BCUT2D eigenvalue weighted by Gasteiger charge is 2.12. The molecule has 0 aliphatic heterocycles. The van der Waals surface area contributed by atoms with Gasteiger partial charge in [-0.3, -0.25) is 0 Å². The zero-order valence-electron chi connectivity index (χ0n) is 14.2. The van der Waals surface area contributed by atoms with Gasteiger partial charge >= 0.3 is 0 Å². The first-order valence-electron chi connectivity index (χ1n) is 8.83. The van der Waals surface area contributed by atoms with Gasteiger partial charge in [0, 0.05) is 28.4 Å². The van der Waals surface area contributed by atoms with Crippen molar-refractivity contribution in [1.82, 2.24) is 4.57 Å². The second kappa shape index (κ2) is 6.52. The van der Waals surface area contributed by atoms with E-state index in [0.717, 1.165) is 13.0 Å². The van der Waals surface area contributed by atoms with Crippen LogP contribution < -0.4 is 0 Å². The van der Waals surface area contributed by atoms with E-state index in [1.807, 2.05) is 0 Å². The number of para-hydroxylation sites is 2. The molecule has 1 aromatic heterocycles. The molecular formula is C23H23N. The van der Waals surface area contributed by atoms with Gasteiger partial charge in [0.15, 0.2) is 0 Å². The summed E-state index contributed by atoms with van der Waals surface area (Å²) in [5.74, 6) is 0.643. The molecule has 0 saturated heterocycles. The van der Waals surface area contributed by atoms with Crippen molar-refractivity contribution < 1.29 is 0 Å². The summed E-state index contributed by atoms with van der Waals surface area (Å²) in [6.07, 6.45) is 2.37. The molecule has 4 aromatic rings. The zero-order valence-corrected chi connectivity index (χ0v) is 14.2. The fourth-order valence-corrected chi connectivity index (χ4v) is 3.66. The van der Waals surface area contributed by atoms with E-state index >= 15 is 0 Å². The van der Waals surface area contributed by atoms with Crippen LogP contribution in [0.3, 0.4) is 0 Å². The Balaban J connectivity index is 1.61. The Kier molecular flexibility index (Phi) is 4.08. The molecule has 1 nitrogen and oxygen atoms in total. The maximum absolute atomic E-state index is 2.50. The summed E-state index contributed by atoms with van der Waals surface area (Å²) in [6.45, 7) is 3.44. The van der Waals surface area contributed by atoms with Crippen LogP contribution in [0, 0.1) is 5.92 Å². The van der Waals surface area contributed by atoms with Crippen molar-refractivity contribution in [2.45, 2.75) is 26.3 Å². The van der Waals surface area contributed by atoms with E-state index in [-0.39, 0.29) is 0 Å². The largest absolute Gasteiger partial charge is 0.340 e. The minimum Gasteiger partial charge on any atom is -0.340 e. The third kappa shape index (κ3) is 2.82. The molecule has 0 N–H and O–H groups in total. The normalized spacial score (nSPS) is 12.7. The Morgan fingerprint density at radius 3 is 1.88 bits per heavy atom. The van der Waals surface area contributed by atoms with Crippen molar-refractivity contribution in [1.29, 1.82) is 0 Å². The second-order valence-corrected chi connectivity index (χ2v) is 6.77. The molecule has 1 heteroatoms. The summed E-state index contributed by atoms with van der Waals surface area (Å²) in [6, 6.07) is 28.4. The number of rotatable bonds is 5. The molecule has 1 atom stereocenters. The Labute approximate surface area is 143 Å². The van der Waals surface area contributed by atoms with Crippen LogP contribution in [0.1, 0.15) is 18.9 Å². The predicted molar refractivity (Wildman–Crippen MR) is 103 cm³/mol. The van der Waals surface area contributed by atoms with Crippen molar-refractivity contribution in [3.05, 3.63) is 84.4 Å². The standard InChI is InChI=1S/C23H23N/c1-18(15-16-19-9-3-2-4-10-19)17-24-22-13-7-5-11-20(22)21-12-6-8-14-23(21)24/h2-14,18H,15-17H2,1H3. The molecule has 3 aromatic carbocycles. The SMILES string of the molecule is CC(CCc1ccccc1)Cn1c2ccccc2c2ccccc21. The molecule has 1 unspecified atom stereocenters. The van der Waals surface area contributed by atoms with Crippen LogP contribution in [0.2, 0.25) is 0 Å². The van der Waals surface area contributed by atoms with Gasteiger partial charge in [-0.1, -0.05) is 73.7 Å². The van der Waals surface area contributed by atoms with Crippen molar-refractivity contribution >= 4 is 21.8 Å². The van der Waals surface area contributed by atoms with Gasteiger partial charge in [0.2, 0.25) is 0 Å². The van der Waals surface area contributed by atoms with E-state index in [0.29, 0.717) is 5.92 Å². The third-order valence-corrected chi connectivity index (χ3v) is 4.94. The predicted octanol–water partition coefficient (Wildman–Crippen LogP) is 6.06. The maximum atomic E-state index is 2.50. The Hall–Kier alpha value is -2.54. The van der Waals surface area contributed by atoms with Gasteiger partial charge in [-0.05, 0) is 36.5 Å². The topological polar surface area (TPSA) is 4.93 Å². The first kappa shape index (κ1) is 15.0. The minimum absolute atomic E-state index is 0.643. The molecule has 0 fully saturated rings. The molecule has 0 radical (unpaired) electrons. The summed E-state index contributed by atoms with van der Waals surface area (Å²) in [7, 11) is 0. The van der Waals surface area contributed by atoms with E-state index < -0.39 is 0 Å². The Morgan fingerprint density at radius 2 is 1.25 bits per heavy atom. The third-order valence-electron chi connectivity index (χ3n) is 4.94. The molecule has 0 aliphatic carbocycles. The number of fused-ring (bicyclic) bond motifs is 3. The second-order valence-electron chi connectivity index (χ2n) is 6.77. The zero-order chi connectivity index (χ0) is 16.4. The Bertz CT molecular complexity index is 896. The molecule has 4 rings (SSSR count). The highest BCUT2D eigenvalue weighted by molar-refractivity contribution is 6.07. The molecule has 0 spiro atoms.